The first-order valence-electron chi connectivity index (χ1n) is 11.4. The van der Waals surface area contributed by atoms with Crippen molar-refractivity contribution in [2.24, 2.45) is 11.1 Å². The third-order valence-electron chi connectivity index (χ3n) is 5.84. The van der Waals surface area contributed by atoms with Crippen molar-refractivity contribution in [3.63, 3.8) is 0 Å². The molecule has 0 heterocycles. The Balaban J connectivity index is 2.21. The minimum Gasteiger partial charge on any atom is -0.480 e. The van der Waals surface area contributed by atoms with Crippen molar-refractivity contribution in [3.05, 3.63) is 65.7 Å². The number of anilines is 1. The number of amides is 1. The number of carboxylic acid groups (broad SMARTS) is 1. The van der Waals surface area contributed by atoms with E-state index >= 15 is 0 Å². The second-order valence-corrected chi connectivity index (χ2v) is 9.90. The molecular weight excluding hydrogens is 432 g/mol. The third kappa shape index (κ3) is 7.83. The van der Waals surface area contributed by atoms with Gasteiger partial charge >= 0.3 is 5.97 Å². The number of nitrogens with two attached hydrogens (primary N) is 1. The molecule has 0 spiro atoms. The Kier molecular flexibility index (Phi) is 9.61. The van der Waals surface area contributed by atoms with Crippen molar-refractivity contribution in [1.29, 1.82) is 0 Å². The minimum absolute atomic E-state index is 0.245. The summed E-state index contributed by atoms with van der Waals surface area (Å²) < 4.78 is 0. The Morgan fingerprint density at radius 1 is 1.00 bits per heavy atom. The van der Waals surface area contributed by atoms with Crippen LogP contribution in [-0.4, -0.2) is 60.4 Å². The van der Waals surface area contributed by atoms with E-state index in [9.17, 15) is 19.8 Å². The van der Waals surface area contributed by atoms with E-state index in [1.165, 1.54) is 0 Å². The van der Waals surface area contributed by atoms with Crippen LogP contribution in [0.15, 0.2) is 54.6 Å². The van der Waals surface area contributed by atoms with Crippen LogP contribution in [0.5, 0.6) is 0 Å². The monoisotopic (exact) mass is 470 g/mol. The summed E-state index contributed by atoms with van der Waals surface area (Å²) in [5, 5.41) is 26.7. The van der Waals surface area contributed by atoms with Crippen LogP contribution in [0.2, 0.25) is 0 Å². The van der Waals surface area contributed by atoms with Gasteiger partial charge in [0.15, 0.2) is 0 Å². The largest absolute Gasteiger partial charge is 0.480 e. The quantitative estimate of drug-likeness (QED) is 0.339. The van der Waals surface area contributed by atoms with Crippen LogP contribution in [0, 0.1) is 5.41 Å². The normalized spacial score (nSPS) is 15.1. The summed E-state index contributed by atoms with van der Waals surface area (Å²) in [5.74, 6) is -1.64. The van der Waals surface area contributed by atoms with Crippen molar-refractivity contribution in [2.45, 2.75) is 58.0 Å². The molecule has 2 aromatic rings. The van der Waals surface area contributed by atoms with Crippen LogP contribution >= 0.6 is 0 Å². The molecular formula is C26H38N4O4. The molecule has 1 amide bonds. The molecule has 0 aliphatic heterocycles. The third-order valence-corrected chi connectivity index (χ3v) is 5.84. The summed E-state index contributed by atoms with van der Waals surface area (Å²) in [4.78, 5) is 26.9. The van der Waals surface area contributed by atoms with Gasteiger partial charge in [0.05, 0.1) is 12.1 Å². The highest BCUT2D eigenvalue weighted by atomic mass is 16.4. The smallest absolute Gasteiger partial charge is 0.323 e. The molecule has 34 heavy (non-hydrogen) atoms. The van der Waals surface area contributed by atoms with Gasteiger partial charge < -0.3 is 26.2 Å². The number of aliphatic carboxylic acids is 1. The molecule has 0 unspecified atom stereocenters. The Morgan fingerprint density at radius 3 is 2.09 bits per heavy atom. The van der Waals surface area contributed by atoms with Crippen LogP contribution in [-0.2, 0) is 22.6 Å². The molecule has 186 valence electrons. The topological polar surface area (TPSA) is 128 Å². The van der Waals surface area contributed by atoms with Gasteiger partial charge in [-0.2, -0.15) is 0 Å². The Morgan fingerprint density at radius 2 is 1.59 bits per heavy atom. The lowest BCUT2D eigenvalue weighted by molar-refractivity contribution is -0.144. The van der Waals surface area contributed by atoms with E-state index in [0.29, 0.717) is 0 Å². The summed E-state index contributed by atoms with van der Waals surface area (Å²) in [6.07, 6.45) is -1.14. The first-order valence-corrected chi connectivity index (χ1v) is 11.4. The Bertz CT molecular complexity index is 926. The van der Waals surface area contributed by atoms with Gasteiger partial charge in [-0.25, -0.2) is 0 Å². The van der Waals surface area contributed by atoms with Gasteiger partial charge in [0.2, 0.25) is 5.91 Å². The number of benzene rings is 2. The number of nitrogens with zero attached hydrogens (tertiary/aromatic N) is 1. The molecule has 0 aliphatic rings. The van der Waals surface area contributed by atoms with E-state index in [2.05, 4.69) is 10.6 Å². The van der Waals surface area contributed by atoms with Gasteiger partial charge in [-0.1, -0.05) is 63.2 Å². The summed E-state index contributed by atoms with van der Waals surface area (Å²) in [6, 6.07) is 14.0. The van der Waals surface area contributed by atoms with Crippen molar-refractivity contribution < 1.29 is 19.8 Å². The molecule has 8 nitrogen and oxygen atoms in total. The molecule has 8 heteroatoms. The second kappa shape index (κ2) is 12.0. The highest BCUT2D eigenvalue weighted by molar-refractivity contribution is 5.83. The highest BCUT2D eigenvalue weighted by Gasteiger charge is 2.36. The maximum absolute atomic E-state index is 12.8. The summed E-state index contributed by atoms with van der Waals surface area (Å²) in [7, 11) is 3.88. The fourth-order valence-electron chi connectivity index (χ4n) is 3.52. The maximum atomic E-state index is 12.8. The molecule has 0 fully saturated rings. The molecule has 2 rings (SSSR count). The molecule has 0 aromatic heterocycles. The number of hydrogen-bond donors (Lipinski definition) is 5. The summed E-state index contributed by atoms with van der Waals surface area (Å²) >= 11 is 0. The van der Waals surface area contributed by atoms with Gasteiger partial charge in [-0.15, -0.1) is 0 Å². The first kappa shape index (κ1) is 27.3. The van der Waals surface area contributed by atoms with Crippen LogP contribution < -0.4 is 21.3 Å². The average molecular weight is 471 g/mol. The highest BCUT2D eigenvalue weighted by Crippen LogP contribution is 2.19. The second-order valence-electron chi connectivity index (χ2n) is 9.90. The van der Waals surface area contributed by atoms with Gasteiger partial charge in [0.25, 0.3) is 0 Å². The van der Waals surface area contributed by atoms with E-state index < -0.39 is 41.5 Å². The fraction of sp³-hybridized carbons (Fsp3) is 0.462. The van der Waals surface area contributed by atoms with Crippen LogP contribution in [0.3, 0.4) is 0 Å². The predicted octanol–water partition coefficient (Wildman–Crippen LogP) is 1.76. The number of carboxylic acids is 1. The van der Waals surface area contributed by atoms with Gasteiger partial charge in [0.1, 0.15) is 12.1 Å². The van der Waals surface area contributed by atoms with Crippen molar-refractivity contribution in [3.8, 4) is 0 Å². The van der Waals surface area contributed by atoms with E-state index in [4.69, 9.17) is 5.73 Å². The zero-order chi connectivity index (χ0) is 25.5. The van der Waals surface area contributed by atoms with E-state index in [1.807, 2.05) is 94.4 Å². The zero-order valence-corrected chi connectivity index (χ0v) is 20.7. The standard InChI is InChI=1S/C26H38N4O4/c1-26(2,3)23(27)24(32)29-20(15-17-9-7-6-8-10-17)22(31)21(25(33)34)28-16-18-11-13-19(14-12-18)30(4)5/h6-14,20-23,28,31H,15-16,27H2,1-5H3,(H,29,32)(H,33,34)/t20-,21+,22+,23+/m0/s1. The first-order chi connectivity index (χ1) is 15.9. The number of nitrogens with one attached hydrogen (secondary N) is 2. The van der Waals surface area contributed by atoms with Crippen molar-refractivity contribution in [1.82, 2.24) is 10.6 Å². The minimum atomic E-state index is -1.39. The lowest BCUT2D eigenvalue weighted by Crippen LogP contribution is -2.60. The van der Waals surface area contributed by atoms with Crippen LogP contribution in [0.4, 0.5) is 5.69 Å². The molecule has 0 aliphatic carbocycles. The number of carbonyl (C=O) groups is 2. The molecule has 2 aromatic carbocycles. The predicted molar refractivity (Wildman–Crippen MR) is 135 cm³/mol. The fourth-order valence-corrected chi connectivity index (χ4v) is 3.52. The molecule has 0 bridgehead atoms. The van der Waals surface area contributed by atoms with E-state index in [0.717, 1.165) is 16.8 Å². The lowest BCUT2D eigenvalue weighted by Gasteiger charge is -2.32. The van der Waals surface area contributed by atoms with Gasteiger partial charge in [0, 0.05) is 26.3 Å². The van der Waals surface area contributed by atoms with E-state index in [-0.39, 0.29) is 13.0 Å². The lowest BCUT2D eigenvalue weighted by atomic mass is 9.86. The molecule has 6 N–H and O–H groups in total. The number of carbonyl (C=O) groups excluding carboxylic acids is 1. The molecule has 0 saturated carbocycles. The van der Waals surface area contributed by atoms with Crippen LogP contribution in [0.25, 0.3) is 0 Å². The zero-order valence-electron chi connectivity index (χ0n) is 20.7. The SMILES string of the molecule is CN(C)c1ccc(CN[C@@H](C(=O)O)[C@H](O)[C@H](Cc2ccccc2)NC(=O)[C@@H](N)C(C)(C)C)cc1. The number of aliphatic hydroxyl groups excluding tert-OH is 1. The summed E-state index contributed by atoms with van der Waals surface area (Å²) in [5.41, 5.74) is 8.39. The Hall–Kier alpha value is -2.94. The number of rotatable bonds is 11. The molecule has 4 atom stereocenters. The van der Waals surface area contributed by atoms with Crippen LogP contribution in [0.1, 0.15) is 31.9 Å². The average Bonchev–Trinajstić information content (AvgIpc) is 2.78. The number of aliphatic hydroxyl groups is 1. The van der Waals surface area contributed by atoms with Crippen molar-refractivity contribution in [2.75, 3.05) is 19.0 Å². The van der Waals surface area contributed by atoms with E-state index in [1.54, 1.807) is 0 Å². The molecule has 0 saturated heterocycles. The van der Waals surface area contributed by atoms with Crippen molar-refractivity contribution >= 4 is 17.6 Å². The van der Waals surface area contributed by atoms with Gasteiger partial charge in [-0.05, 0) is 35.1 Å². The van der Waals surface area contributed by atoms with Gasteiger partial charge in [-0.3, -0.25) is 14.9 Å². The number of hydrogen-bond acceptors (Lipinski definition) is 6. The molecule has 0 radical (unpaired) electrons. The Labute approximate surface area is 202 Å². The summed E-state index contributed by atoms with van der Waals surface area (Å²) in [6.45, 7) is 5.80. The maximum Gasteiger partial charge on any atom is 0.323 e.